The Kier molecular flexibility index (Phi) is 6.62. The van der Waals surface area contributed by atoms with Crippen molar-refractivity contribution in [3.05, 3.63) is 40.5 Å². The first kappa shape index (κ1) is 26.0. The number of fused-ring (bicyclic) bond motifs is 1. The molecule has 186 valence electrons. The molecule has 0 spiro atoms. The summed E-state index contributed by atoms with van der Waals surface area (Å²) in [6, 6.07) is 5.32. The molecule has 0 aliphatic carbocycles. The van der Waals surface area contributed by atoms with Crippen molar-refractivity contribution in [1.29, 1.82) is 0 Å². The van der Waals surface area contributed by atoms with Crippen molar-refractivity contribution in [1.82, 2.24) is 4.98 Å². The number of carbonyl (C=O) groups is 3. The molecule has 6 N–H and O–H groups in total. The van der Waals surface area contributed by atoms with Crippen LogP contribution in [0.4, 0.5) is 5.69 Å². The second-order valence-electron chi connectivity index (χ2n) is 8.86. The van der Waals surface area contributed by atoms with Gasteiger partial charge in [0.1, 0.15) is 5.69 Å². The van der Waals surface area contributed by atoms with Gasteiger partial charge in [-0.05, 0) is 24.3 Å². The lowest BCUT2D eigenvalue weighted by Gasteiger charge is -2.23. The van der Waals surface area contributed by atoms with E-state index < -0.39 is 66.4 Å². The fourth-order valence-electron chi connectivity index (χ4n) is 3.49. The summed E-state index contributed by atoms with van der Waals surface area (Å²) in [5.41, 5.74) is 2.82. The molecule has 0 unspecified atom stereocenters. The van der Waals surface area contributed by atoms with Crippen LogP contribution in [0, 0.1) is 5.41 Å². The lowest BCUT2D eigenvalue weighted by molar-refractivity contribution is -0.123. The third-order valence-corrected chi connectivity index (χ3v) is 7.38. The summed E-state index contributed by atoms with van der Waals surface area (Å²) in [4.78, 5) is 39.4. The summed E-state index contributed by atoms with van der Waals surface area (Å²) in [6.45, 7) is 6.09. The first-order valence-corrected chi connectivity index (χ1v) is 12.4. The molecule has 0 radical (unpaired) electrons. The largest absolute Gasteiger partial charge is 0.505 e. The number of primary amides is 1. The van der Waals surface area contributed by atoms with E-state index in [0.29, 0.717) is 5.52 Å². The standard InChI is InChI=1S/C23H24ClN3O7S/c1-5-35(33,34)14-9-12(20(25)29)19(28)17(27-22(32)23(2,3)4)16(14)15-11-8-10(24)6-7-13(11)26-18(15)21(30)31/h6-9,26,28H,5H2,1-4H3,(H2,25,29)(H,27,32)(H,30,31). The smallest absolute Gasteiger partial charge is 0.352 e. The van der Waals surface area contributed by atoms with Crippen molar-refractivity contribution >= 4 is 55.8 Å². The van der Waals surface area contributed by atoms with Crippen LogP contribution in [0.3, 0.4) is 0 Å². The van der Waals surface area contributed by atoms with E-state index in [1.54, 1.807) is 20.8 Å². The van der Waals surface area contributed by atoms with Gasteiger partial charge in [-0.2, -0.15) is 0 Å². The summed E-state index contributed by atoms with van der Waals surface area (Å²) < 4.78 is 26.4. The van der Waals surface area contributed by atoms with Gasteiger partial charge in [0.25, 0.3) is 5.91 Å². The van der Waals surface area contributed by atoms with Gasteiger partial charge in [0.2, 0.25) is 5.91 Å². The van der Waals surface area contributed by atoms with Crippen molar-refractivity contribution in [2.24, 2.45) is 11.1 Å². The molecule has 0 saturated carbocycles. The van der Waals surface area contributed by atoms with Gasteiger partial charge < -0.3 is 26.2 Å². The maximum Gasteiger partial charge on any atom is 0.352 e. The number of carboxylic acids is 1. The minimum absolute atomic E-state index is 0.141. The van der Waals surface area contributed by atoms with E-state index in [1.807, 2.05) is 0 Å². The highest BCUT2D eigenvalue weighted by Crippen LogP contribution is 2.47. The van der Waals surface area contributed by atoms with Crippen LogP contribution >= 0.6 is 11.6 Å². The Labute approximate surface area is 206 Å². The van der Waals surface area contributed by atoms with E-state index in [0.717, 1.165) is 6.07 Å². The van der Waals surface area contributed by atoms with E-state index in [1.165, 1.54) is 25.1 Å². The van der Waals surface area contributed by atoms with Crippen LogP contribution in [0.2, 0.25) is 5.02 Å². The van der Waals surface area contributed by atoms with Gasteiger partial charge in [-0.25, -0.2) is 13.2 Å². The zero-order valence-corrected chi connectivity index (χ0v) is 20.9. The number of hydrogen-bond acceptors (Lipinski definition) is 6. The molecule has 3 aromatic rings. The number of halogens is 1. The molecular formula is C23H24ClN3O7S. The van der Waals surface area contributed by atoms with Gasteiger partial charge in [0.05, 0.1) is 21.9 Å². The topological polar surface area (TPSA) is 180 Å². The zero-order chi connectivity index (χ0) is 26.5. The maximum absolute atomic E-state index is 13.2. The third kappa shape index (κ3) is 4.69. The molecule has 1 aromatic heterocycles. The number of amides is 2. The number of aromatic carboxylic acids is 1. The third-order valence-electron chi connectivity index (χ3n) is 5.39. The number of benzene rings is 2. The molecule has 12 heteroatoms. The number of phenols is 1. The summed E-state index contributed by atoms with van der Waals surface area (Å²) in [5.74, 6) is -4.44. The molecule has 35 heavy (non-hydrogen) atoms. The number of H-pyrrole nitrogens is 1. The zero-order valence-electron chi connectivity index (χ0n) is 19.3. The predicted octanol–water partition coefficient (Wildman–Crippen LogP) is 3.77. The van der Waals surface area contributed by atoms with Crippen molar-refractivity contribution < 1.29 is 33.0 Å². The van der Waals surface area contributed by atoms with E-state index in [9.17, 15) is 33.0 Å². The molecule has 0 aliphatic rings. The van der Waals surface area contributed by atoms with Gasteiger partial charge >= 0.3 is 5.97 Å². The normalized spacial score (nSPS) is 12.0. The average molecular weight is 522 g/mol. The summed E-state index contributed by atoms with van der Waals surface area (Å²) in [7, 11) is -4.15. The highest BCUT2D eigenvalue weighted by Gasteiger charge is 2.34. The molecule has 2 amide bonds. The Morgan fingerprint density at radius 2 is 1.77 bits per heavy atom. The monoisotopic (exact) mass is 521 g/mol. The molecular weight excluding hydrogens is 498 g/mol. The SMILES string of the molecule is CCS(=O)(=O)c1cc(C(N)=O)c(O)c(NC(=O)C(C)(C)C)c1-c1c(C(=O)O)[nH]c2ccc(Cl)cc12. The first-order chi connectivity index (χ1) is 16.1. The second kappa shape index (κ2) is 8.90. The number of aromatic hydroxyl groups is 1. The van der Waals surface area contributed by atoms with Gasteiger partial charge in [-0.1, -0.05) is 39.3 Å². The number of nitrogens with one attached hydrogen (secondary N) is 2. The molecule has 2 aromatic carbocycles. The van der Waals surface area contributed by atoms with E-state index in [4.69, 9.17) is 17.3 Å². The van der Waals surface area contributed by atoms with Crippen molar-refractivity contribution in [3.8, 4) is 16.9 Å². The summed E-state index contributed by atoms with van der Waals surface area (Å²) in [6.07, 6.45) is 0. The van der Waals surface area contributed by atoms with Crippen LogP contribution in [0.5, 0.6) is 5.75 Å². The van der Waals surface area contributed by atoms with Crippen molar-refractivity contribution in [3.63, 3.8) is 0 Å². The van der Waals surface area contributed by atoms with Crippen LogP contribution in [-0.2, 0) is 14.6 Å². The molecule has 1 heterocycles. The Morgan fingerprint density at radius 3 is 2.29 bits per heavy atom. The molecule has 0 bridgehead atoms. The number of aromatic amines is 1. The number of sulfone groups is 1. The summed E-state index contributed by atoms with van der Waals surface area (Å²) in [5, 5.41) is 23.8. The number of hydrogen-bond donors (Lipinski definition) is 5. The number of carboxylic acid groups (broad SMARTS) is 1. The summed E-state index contributed by atoms with van der Waals surface area (Å²) >= 11 is 6.15. The maximum atomic E-state index is 13.2. The minimum Gasteiger partial charge on any atom is -0.505 e. The Morgan fingerprint density at radius 1 is 1.14 bits per heavy atom. The highest BCUT2D eigenvalue weighted by atomic mass is 35.5. The molecule has 0 atom stereocenters. The van der Waals surface area contributed by atoms with Crippen LogP contribution < -0.4 is 11.1 Å². The Hall–Kier alpha value is -3.57. The first-order valence-electron chi connectivity index (χ1n) is 10.4. The molecule has 0 saturated heterocycles. The molecule has 10 nitrogen and oxygen atoms in total. The lowest BCUT2D eigenvalue weighted by Crippen LogP contribution is -2.28. The van der Waals surface area contributed by atoms with Gasteiger partial charge in [-0.3, -0.25) is 9.59 Å². The van der Waals surface area contributed by atoms with E-state index in [-0.39, 0.29) is 21.5 Å². The quantitative estimate of drug-likeness (QED) is 0.306. The van der Waals surface area contributed by atoms with E-state index in [2.05, 4.69) is 10.3 Å². The van der Waals surface area contributed by atoms with Crippen LogP contribution in [0.25, 0.3) is 22.0 Å². The van der Waals surface area contributed by atoms with Crippen LogP contribution in [0.15, 0.2) is 29.2 Å². The number of carbonyl (C=O) groups excluding carboxylic acids is 2. The Balaban J connectivity index is 2.65. The van der Waals surface area contributed by atoms with Gasteiger partial charge in [-0.15, -0.1) is 0 Å². The fraction of sp³-hybridized carbons (Fsp3) is 0.261. The van der Waals surface area contributed by atoms with Gasteiger partial charge in [0, 0.05) is 32.5 Å². The van der Waals surface area contributed by atoms with Crippen molar-refractivity contribution in [2.45, 2.75) is 32.6 Å². The molecule has 3 rings (SSSR count). The van der Waals surface area contributed by atoms with Crippen LogP contribution in [-0.4, -0.2) is 47.2 Å². The predicted molar refractivity (Wildman–Crippen MR) is 132 cm³/mol. The molecule has 0 aliphatic heterocycles. The molecule has 0 fully saturated rings. The number of rotatable bonds is 6. The lowest BCUT2D eigenvalue weighted by atomic mass is 9.93. The van der Waals surface area contributed by atoms with Gasteiger partial charge in [0.15, 0.2) is 15.6 Å². The highest BCUT2D eigenvalue weighted by molar-refractivity contribution is 7.91. The number of anilines is 1. The Bertz CT molecular complexity index is 1500. The fourth-order valence-corrected chi connectivity index (χ4v) is 4.79. The second-order valence-corrected chi connectivity index (χ2v) is 11.5. The minimum atomic E-state index is -4.15. The van der Waals surface area contributed by atoms with E-state index >= 15 is 0 Å². The van der Waals surface area contributed by atoms with Crippen molar-refractivity contribution in [2.75, 3.05) is 11.1 Å². The number of aromatic nitrogens is 1. The average Bonchev–Trinajstić information content (AvgIpc) is 3.12. The number of nitrogens with two attached hydrogens (primary N) is 1. The van der Waals surface area contributed by atoms with Crippen LogP contribution in [0.1, 0.15) is 48.5 Å².